The summed E-state index contributed by atoms with van der Waals surface area (Å²) in [5, 5.41) is 5.77. The maximum absolute atomic E-state index is 12.2. The number of hydrogen-bond acceptors (Lipinski definition) is 4. The summed E-state index contributed by atoms with van der Waals surface area (Å²) in [7, 11) is 1.63. The zero-order valence-corrected chi connectivity index (χ0v) is 14.2. The molecule has 6 heteroatoms. The average Bonchev–Trinajstić information content (AvgIpc) is 3.32. The lowest BCUT2D eigenvalue weighted by Crippen LogP contribution is -2.33. The highest BCUT2D eigenvalue weighted by atomic mass is 16.5. The van der Waals surface area contributed by atoms with Gasteiger partial charge < -0.3 is 19.8 Å². The van der Waals surface area contributed by atoms with Crippen molar-refractivity contribution >= 4 is 11.8 Å². The Morgan fingerprint density at radius 2 is 2.00 bits per heavy atom. The van der Waals surface area contributed by atoms with Crippen LogP contribution in [0.3, 0.4) is 0 Å². The molecule has 0 spiro atoms. The molecule has 1 aliphatic carbocycles. The van der Waals surface area contributed by atoms with E-state index in [1.54, 1.807) is 19.2 Å². The molecule has 1 saturated carbocycles. The molecule has 0 bridgehead atoms. The van der Waals surface area contributed by atoms with Gasteiger partial charge in [-0.2, -0.15) is 0 Å². The lowest BCUT2D eigenvalue weighted by molar-refractivity contribution is -0.121. The van der Waals surface area contributed by atoms with Gasteiger partial charge >= 0.3 is 0 Å². The first-order valence-electron chi connectivity index (χ1n) is 8.42. The highest BCUT2D eigenvalue weighted by Gasteiger charge is 2.33. The summed E-state index contributed by atoms with van der Waals surface area (Å²) in [5.41, 5.74) is 1.08. The van der Waals surface area contributed by atoms with Crippen molar-refractivity contribution < 1.29 is 18.7 Å². The summed E-state index contributed by atoms with van der Waals surface area (Å²) in [6.45, 7) is 0.269. The molecule has 1 fully saturated rings. The standard InChI is InChI=1S/C19H22N2O4/c1-24-15-8-6-14(7-9-15)18(13-4-5-13)21-17(22)10-11-20-19(23)16-3-2-12-25-16/h2-3,6-9,12-13,18H,4-5,10-11H2,1H3,(H,20,23)(H,21,22). The number of amides is 2. The second-order valence-electron chi connectivity index (χ2n) is 6.14. The molecule has 2 amide bonds. The quantitative estimate of drug-likeness (QED) is 0.773. The number of hydrogen-bond donors (Lipinski definition) is 2. The fraction of sp³-hybridized carbons (Fsp3) is 0.368. The minimum atomic E-state index is -0.313. The number of carbonyl (C=O) groups excluding carboxylic acids is 2. The van der Waals surface area contributed by atoms with Gasteiger partial charge in [0.05, 0.1) is 19.4 Å². The van der Waals surface area contributed by atoms with Crippen molar-refractivity contribution in [3.05, 3.63) is 54.0 Å². The number of nitrogens with one attached hydrogen (secondary N) is 2. The summed E-state index contributed by atoms with van der Waals surface area (Å²) in [6, 6.07) is 11.0. The molecule has 1 atom stereocenters. The monoisotopic (exact) mass is 342 g/mol. The van der Waals surface area contributed by atoms with Crippen LogP contribution >= 0.6 is 0 Å². The van der Waals surface area contributed by atoms with Crippen molar-refractivity contribution in [3.63, 3.8) is 0 Å². The fourth-order valence-electron chi connectivity index (χ4n) is 2.74. The predicted octanol–water partition coefficient (Wildman–Crippen LogP) is 2.68. The van der Waals surface area contributed by atoms with Crippen LogP contribution in [0.1, 0.15) is 41.4 Å². The second-order valence-corrected chi connectivity index (χ2v) is 6.14. The van der Waals surface area contributed by atoms with E-state index in [9.17, 15) is 9.59 Å². The molecule has 132 valence electrons. The first kappa shape index (κ1) is 17.1. The maximum Gasteiger partial charge on any atom is 0.286 e. The van der Waals surface area contributed by atoms with Crippen LogP contribution in [-0.2, 0) is 4.79 Å². The molecule has 3 rings (SSSR count). The van der Waals surface area contributed by atoms with Crippen molar-refractivity contribution in [2.45, 2.75) is 25.3 Å². The molecule has 1 aliphatic rings. The third kappa shape index (κ3) is 4.62. The molecule has 1 unspecified atom stereocenters. The van der Waals surface area contributed by atoms with E-state index >= 15 is 0 Å². The van der Waals surface area contributed by atoms with Gasteiger partial charge in [0.15, 0.2) is 5.76 Å². The van der Waals surface area contributed by atoms with E-state index < -0.39 is 0 Å². The van der Waals surface area contributed by atoms with E-state index in [0.29, 0.717) is 5.92 Å². The van der Waals surface area contributed by atoms with Gasteiger partial charge in [0.2, 0.25) is 5.91 Å². The Bertz CT molecular complexity index is 706. The number of rotatable bonds is 8. The van der Waals surface area contributed by atoms with E-state index in [2.05, 4.69) is 10.6 Å². The number of carbonyl (C=O) groups is 2. The van der Waals surface area contributed by atoms with Crippen LogP contribution in [0.15, 0.2) is 47.1 Å². The minimum absolute atomic E-state index is 0.0131. The van der Waals surface area contributed by atoms with E-state index in [1.807, 2.05) is 24.3 Å². The van der Waals surface area contributed by atoms with Gasteiger partial charge in [-0.15, -0.1) is 0 Å². The average molecular weight is 342 g/mol. The summed E-state index contributed by atoms with van der Waals surface area (Å²) >= 11 is 0. The first-order chi connectivity index (χ1) is 12.2. The van der Waals surface area contributed by atoms with Gasteiger partial charge in [-0.25, -0.2) is 0 Å². The van der Waals surface area contributed by atoms with Crippen molar-refractivity contribution in [1.29, 1.82) is 0 Å². The Kier molecular flexibility index (Phi) is 5.38. The SMILES string of the molecule is COc1ccc(C(NC(=O)CCNC(=O)c2ccco2)C2CC2)cc1. The molecule has 0 saturated heterocycles. The molecule has 6 nitrogen and oxygen atoms in total. The summed E-state index contributed by atoms with van der Waals surface area (Å²) in [5.74, 6) is 1.13. The molecule has 0 aliphatic heterocycles. The molecular weight excluding hydrogens is 320 g/mol. The van der Waals surface area contributed by atoms with Crippen LogP contribution in [0, 0.1) is 5.92 Å². The third-order valence-electron chi connectivity index (χ3n) is 4.27. The van der Waals surface area contributed by atoms with E-state index in [4.69, 9.17) is 9.15 Å². The van der Waals surface area contributed by atoms with Gasteiger partial charge in [-0.1, -0.05) is 12.1 Å². The Balaban J connectivity index is 1.50. The Morgan fingerprint density at radius 1 is 1.24 bits per heavy atom. The first-order valence-corrected chi connectivity index (χ1v) is 8.42. The summed E-state index contributed by atoms with van der Waals surface area (Å²) in [4.78, 5) is 24.0. The molecule has 0 radical (unpaired) electrons. The zero-order chi connectivity index (χ0) is 17.6. The van der Waals surface area contributed by atoms with Crippen LogP contribution < -0.4 is 15.4 Å². The highest BCUT2D eigenvalue weighted by molar-refractivity contribution is 5.91. The maximum atomic E-state index is 12.2. The molecule has 25 heavy (non-hydrogen) atoms. The minimum Gasteiger partial charge on any atom is -0.497 e. The number of methoxy groups -OCH3 is 1. The van der Waals surface area contributed by atoms with Gasteiger partial charge in [-0.3, -0.25) is 9.59 Å². The van der Waals surface area contributed by atoms with Gasteiger partial charge in [0, 0.05) is 13.0 Å². The van der Waals surface area contributed by atoms with Crippen molar-refractivity contribution in [2.75, 3.05) is 13.7 Å². The van der Waals surface area contributed by atoms with Gasteiger partial charge in [-0.05, 0) is 48.6 Å². The predicted molar refractivity (Wildman–Crippen MR) is 92.3 cm³/mol. The molecule has 2 N–H and O–H groups in total. The molecular formula is C19H22N2O4. The van der Waals surface area contributed by atoms with Crippen LogP contribution in [0.4, 0.5) is 0 Å². The smallest absolute Gasteiger partial charge is 0.286 e. The lowest BCUT2D eigenvalue weighted by Gasteiger charge is -2.19. The summed E-state index contributed by atoms with van der Waals surface area (Å²) < 4.78 is 10.2. The fourth-order valence-corrected chi connectivity index (χ4v) is 2.74. The topological polar surface area (TPSA) is 80.6 Å². The van der Waals surface area contributed by atoms with E-state index in [0.717, 1.165) is 24.2 Å². The molecule has 1 aromatic carbocycles. The van der Waals surface area contributed by atoms with Crippen molar-refractivity contribution in [2.24, 2.45) is 5.92 Å². The van der Waals surface area contributed by atoms with E-state index in [1.165, 1.54) is 6.26 Å². The van der Waals surface area contributed by atoms with Crippen LogP contribution in [0.2, 0.25) is 0 Å². The zero-order valence-electron chi connectivity index (χ0n) is 14.2. The number of furan rings is 1. The van der Waals surface area contributed by atoms with Gasteiger partial charge in [0.25, 0.3) is 5.91 Å². The highest BCUT2D eigenvalue weighted by Crippen LogP contribution is 2.41. The van der Waals surface area contributed by atoms with Crippen LogP contribution in [0.5, 0.6) is 5.75 Å². The Hall–Kier alpha value is -2.76. The number of benzene rings is 1. The largest absolute Gasteiger partial charge is 0.497 e. The lowest BCUT2D eigenvalue weighted by atomic mass is 10.0. The van der Waals surface area contributed by atoms with Crippen LogP contribution in [-0.4, -0.2) is 25.5 Å². The van der Waals surface area contributed by atoms with Crippen molar-refractivity contribution in [1.82, 2.24) is 10.6 Å². The molecule has 2 aromatic rings. The second kappa shape index (κ2) is 7.88. The Morgan fingerprint density at radius 3 is 2.60 bits per heavy atom. The normalized spacial score (nSPS) is 14.6. The van der Waals surface area contributed by atoms with Gasteiger partial charge in [0.1, 0.15) is 5.75 Å². The molecule has 1 aromatic heterocycles. The van der Waals surface area contributed by atoms with E-state index in [-0.39, 0.29) is 36.6 Å². The summed E-state index contributed by atoms with van der Waals surface area (Å²) in [6.07, 6.45) is 3.90. The Labute approximate surface area is 146 Å². The van der Waals surface area contributed by atoms with Crippen molar-refractivity contribution in [3.8, 4) is 5.75 Å². The molecule has 1 heterocycles. The third-order valence-corrected chi connectivity index (χ3v) is 4.27. The van der Waals surface area contributed by atoms with Crippen LogP contribution in [0.25, 0.3) is 0 Å². The number of ether oxygens (including phenoxy) is 1.